The molecule has 2 aromatic rings. The van der Waals surface area contributed by atoms with Crippen LogP contribution < -0.4 is 4.74 Å². The third-order valence-electron chi connectivity index (χ3n) is 2.18. The van der Waals surface area contributed by atoms with Gasteiger partial charge in [-0.25, -0.2) is 4.79 Å². The van der Waals surface area contributed by atoms with Crippen molar-refractivity contribution in [3.05, 3.63) is 27.6 Å². The topological polar surface area (TPSA) is 85.5 Å². The Balaban J connectivity index is 2.07. The Labute approximate surface area is 107 Å². The number of hydrogen-bond donors (Lipinski definition) is 1. The van der Waals surface area contributed by atoms with E-state index in [1.165, 1.54) is 11.3 Å². The Morgan fingerprint density at radius 2 is 2.22 bits per heavy atom. The number of aromatic carboxylic acids is 1. The number of thiophene rings is 1. The molecule has 2 rings (SSSR count). The van der Waals surface area contributed by atoms with E-state index in [4.69, 9.17) is 14.3 Å². The van der Waals surface area contributed by atoms with Crippen molar-refractivity contribution in [2.45, 2.75) is 26.9 Å². The number of nitrogens with zero attached hydrogens (tertiary/aromatic N) is 2. The van der Waals surface area contributed by atoms with Gasteiger partial charge in [-0.05, 0) is 13.0 Å². The van der Waals surface area contributed by atoms with Crippen molar-refractivity contribution in [2.24, 2.45) is 0 Å². The molecule has 1 N–H and O–H groups in total. The fraction of sp³-hybridized carbons (Fsp3) is 0.364. The molecule has 18 heavy (non-hydrogen) atoms. The smallest absolute Gasteiger partial charge is 0.349 e. The molecule has 2 aromatic heterocycles. The van der Waals surface area contributed by atoms with Gasteiger partial charge in [0, 0.05) is 11.3 Å². The minimum atomic E-state index is -0.997. The number of ether oxygens (including phenoxy) is 1. The molecular weight excluding hydrogens is 256 g/mol. The van der Waals surface area contributed by atoms with Crippen LogP contribution in [0.3, 0.4) is 0 Å². The first-order valence-electron chi connectivity index (χ1n) is 5.38. The van der Waals surface area contributed by atoms with Gasteiger partial charge in [-0.3, -0.25) is 0 Å². The first-order chi connectivity index (χ1) is 8.60. The lowest BCUT2D eigenvalue weighted by Crippen LogP contribution is -2.00. The molecular formula is C11H12N2O4S. The van der Waals surface area contributed by atoms with Crippen LogP contribution in [-0.4, -0.2) is 21.3 Å². The van der Waals surface area contributed by atoms with Gasteiger partial charge in [0.25, 0.3) is 5.89 Å². The summed E-state index contributed by atoms with van der Waals surface area (Å²) in [5, 5.41) is 16.6. The monoisotopic (exact) mass is 268 g/mol. The van der Waals surface area contributed by atoms with Gasteiger partial charge >= 0.3 is 5.97 Å². The minimum Gasteiger partial charge on any atom is -0.482 e. The van der Waals surface area contributed by atoms with Crippen molar-refractivity contribution in [3.8, 4) is 5.75 Å². The molecule has 0 fully saturated rings. The molecule has 0 aromatic carbocycles. The Bertz CT molecular complexity index is 561. The SMILES string of the molecule is CCc1nnc(COc2cc(C)sc2C(=O)O)o1. The molecule has 0 atom stereocenters. The second-order valence-electron chi connectivity index (χ2n) is 3.59. The summed E-state index contributed by atoms with van der Waals surface area (Å²) in [6.07, 6.45) is 0.658. The maximum Gasteiger partial charge on any atom is 0.349 e. The molecule has 0 aliphatic heterocycles. The summed E-state index contributed by atoms with van der Waals surface area (Å²) in [5.74, 6) is 0.213. The summed E-state index contributed by atoms with van der Waals surface area (Å²) in [7, 11) is 0. The zero-order chi connectivity index (χ0) is 13.1. The van der Waals surface area contributed by atoms with Crippen molar-refractivity contribution in [2.75, 3.05) is 0 Å². The molecule has 0 aliphatic rings. The van der Waals surface area contributed by atoms with E-state index < -0.39 is 5.97 Å². The largest absolute Gasteiger partial charge is 0.482 e. The maximum absolute atomic E-state index is 11.0. The van der Waals surface area contributed by atoms with Crippen molar-refractivity contribution < 1.29 is 19.1 Å². The third-order valence-corrected chi connectivity index (χ3v) is 3.20. The van der Waals surface area contributed by atoms with Crippen LogP contribution >= 0.6 is 11.3 Å². The first-order valence-corrected chi connectivity index (χ1v) is 6.19. The molecule has 96 valence electrons. The Morgan fingerprint density at radius 3 is 2.83 bits per heavy atom. The van der Waals surface area contributed by atoms with E-state index in [0.29, 0.717) is 24.0 Å². The number of carboxylic acid groups (broad SMARTS) is 1. The third kappa shape index (κ3) is 2.67. The highest BCUT2D eigenvalue weighted by atomic mass is 32.1. The van der Waals surface area contributed by atoms with Crippen molar-refractivity contribution >= 4 is 17.3 Å². The molecule has 0 radical (unpaired) electrons. The van der Waals surface area contributed by atoms with Crippen LogP contribution in [-0.2, 0) is 13.0 Å². The van der Waals surface area contributed by atoms with Gasteiger partial charge in [-0.15, -0.1) is 21.5 Å². The summed E-state index contributed by atoms with van der Waals surface area (Å²) < 4.78 is 10.7. The average Bonchev–Trinajstić information content (AvgIpc) is 2.92. The van der Waals surface area contributed by atoms with Gasteiger partial charge in [0.2, 0.25) is 5.89 Å². The van der Waals surface area contributed by atoms with E-state index in [1.807, 2.05) is 13.8 Å². The first kappa shape index (κ1) is 12.6. The standard InChI is InChI=1S/C11H12N2O4S/c1-3-8-12-13-9(17-8)5-16-7-4-6(2)18-10(7)11(14)15/h4H,3,5H2,1-2H3,(H,14,15). The van der Waals surface area contributed by atoms with E-state index in [0.717, 1.165) is 4.88 Å². The lowest BCUT2D eigenvalue weighted by molar-refractivity contribution is 0.0697. The molecule has 0 unspecified atom stereocenters. The van der Waals surface area contributed by atoms with Gasteiger partial charge in [-0.1, -0.05) is 6.92 Å². The van der Waals surface area contributed by atoms with Gasteiger partial charge in [0.05, 0.1) is 0 Å². The van der Waals surface area contributed by atoms with E-state index in [-0.39, 0.29) is 11.5 Å². The number of carbonyl (C=O) groups is 1. The second-order valence-corrected chi connectivity index (χ2v) is 4.84. The van der Waals surface area contributed by atoms with Crippen molar-refractivity contribution in [1.82, 2.24) is 10.2 Å². The van der Waals surface area contributed by atoms with Crippen LogP contribution in [0.2, 0.25) is 0 Å². The lowest BCUT2D eigenvalue weighted by Gasteiger charge is -2.01. The molecule has 6 nitrogen and oxygen atoms in total. The summed E-state index contributed by atoms with van der Waals surface area (Å²) in [6.45, 7) is 3.80. The van der Waals surface area contributed by atoms with E-state index in [2.05, 4.69) is 10.2 Å². The quantitative estimate of drug-likeness (QED) is 0.895. The Morgan fingerprint density at radius 1 is 1.50 bits per heavy atom. The van der Waals surface area contributed by atoms with Gasteiger partial charge in [0.1, 0.15) is 5.75 Å². The zero-order valence-electron chi connectivity index (χ0n) is 9.97. The molecule has 0 amide bonds. The van der Waals surface area contributed by atoms with Crippen LogP contribution in [0.5, 0.6) is 5.75 Å². The van der Waals surface area contributed by atoms with Crippen LogP contribution in [0.25, 0.3) is 0 Å². The number of hydrogen-bond acceptors (Lipinski definition) is 6. The summed E-state index contributed by atoms with van der Waals surface area (Å²) >= 11 is 1.18. The normalized spacial score (nSPS) is 10.6. The minimum absolute atomic E-state index is 0.0729. The molecule has 0 spiro atoms. The van der Waals surface area contributed by atoms with Gasteiger partial charge in [0.15, 0.2) is 11.5 Å². The summed E-state index contributed by atoms with van der Waals surface area (Å²) in [5.41, 5.74) is 0. The maximum atomic E-state index is 11.0. The number of carboxylic acids is 1. The molecule has 7 heteroatoms. The van der Waals surface area contributed by atoms with Crippen molar-refractivity contribution in [1.29, 1.82) is 0 Å². The van der Waals surface area contributed by atoms with Crippen LogP contribution in [0.15, 0.2) is 10.5 Å². The molecule has 0 saturated heterocycles. The average molecular weight is 268 g/mol. The second kappa shape index (κ2) is 5.18. The highest BCUT2D eigenvalue weighted by molar-refractivity contribution is 7.14. The van der Waals surface area contributed by atoms with Crippen LogP contribution in [0.1, 0.15) is 33.3 Å². The Hall–Kier alpha value is -1.89. The fourth-order valence-corrected chi connectivity index (χ4v) is 2.17. The predicted molar refractivity (Wildman–Crippen MR) is 64.0 cm³/mol. The molecule has 2 heterocycles. The molecule has 0 aliphatic carbocycles. The van der Waals surface area contributed by atoms with Crippen molar-refractivity contribution in [3.63, 3.8) is 0 Å². The summed E-state index contributed by atoms with van der Waals surface area (Å²) in [6, 6.07) is 1.69. The van der Waals surface area contributed by atoms with Gasteiger partial charge in [-0.2, -0.15) is 0 Å². The van der Waals surface area contributed by atoms with E-state index in [1.54, 1.807) is 6.07 Å². The molecule has 0 saturated carbocycles. The predicted octanol–water partition coefficient (Wildman–Crippen LogP) is 2.28. The number of aryl methyl sites for hydroxylation is 2. The van der Waals surface area contributed by atoms with E-state index in [9.17, 15) is 4.79 Å². The highest BCUT2D eigenvalue weighted by Gasteiger charge is 2.16. The summed E-state index contributed by atoms with van der Waals surface area (Å²) in [4.78, 5) is 12.0. The Kier molecular flexibility index (Phi) is 3.61. The lowest BCUT2D eigenvalue weighted by atomic mass is 10.4. The number of rotatable bonds is 5. The fourth-order valence-electron chi connectivity index (χ4n) is 1.38. The van der Waals surface area contributed by atoms with Gasteiger partial charge < -0.3 is 14.3 Å². The molecule has 0 bridgehead atoms. The zero-order valence-corrected chi connectivity index (χ0v) is 10.8. The highest BCUT2D eigenvalue weighted by Crippen LogP contribution is 2.29. The van der Waals surface area contributed by atoms with Crippen LogP contribution in [0.4, 0.5) is 0 Å². The number of aromatic nitrogens is 2. The van der Waals surface area contributed by atoms with Crippen LogP contribution in [0, 0.1) is 6.92 Å². The van der Waals surface area contributed by atoms with E-state index >= 15 is 0 Å².